The topological polar surface area (TPSA) is 55.4 Å². The van der Waals surface area contributed by atoms with Gasteiger partial charge in [0.15, 0.2) is 6.61 Å². The number of benzene rings is 1. The van der Waals surface area contributed by atoms with Crippen molar-refractivity contribution in [3.63, 3.8) is 0 Å². The first-order chi connectivity index (χ1) is 9.95. The molecule has 1 aromatic carbocycles. The molecule has 0 aromatic heterocycles. The monoisotopic (exact) mass is 289 g/mol. The molecule has 0 heterocycles. The molecular formula is C17H23NO3. The first-order valence-corrected chi connectivity index (χ1v) is 7.48. The molecule has 1 atom stereocenters. The van der Waals surface area contributed by atoms with E-state index >= 15 is 0 Å². The summed E-state index contributed by atoms with van der Waals surface area (Å²) in [5.74, 6) is -0.182. The van der Waals surface area contributed by atoms with E-state index in [1.165, 1.54) is 0 Å². The van der Waals surface area contributed by atoms with Crippen LogP contribution in [0.15, 0.2) is 30.3 Å². The summed E-state index contributed by atoms with van der Waals surface area (Å²) in [5, 5.41) is 2.83. The number of esters is 1. The van der Waals surface area contributed by atoms with Gasteiger partial charge in [0.1, 0.15) is 0 Å². The Morgan fingerprint density at radius 3 is 2.33 bits per heavy atom. The molecule has 21 heavy (non-hydrogen) atoms. The van der Waals surface area contributed by atoms with Gasteiger partial charge in [0, 0.05) is 6.04 Å². The first kappa shape index (κ1) is 15.5. The van der Waals surface area contributed by atoms with E-state index in [4.69, 9.17) is 4.74 Å². The van der Waals surface area contributed by atoms with E-state index in [1.54, 1.807) is 0 Å². The molecule has 0 unspecified atom stereocenters. The summed E-state index contributed by atoms with van der Waals surface area (Å²) >= 11 is 0. The van der Waals surface area contributed by atoms with Gasteiger partial charge in [-0.1, -0.05) is 44.2 Å². The Morgan fingerprint density at radius 2 is 1.81 bits per heavy atom. The third-order valence-electron chi connectivity index (χ3n) is 4.19. The Labute approximate surface area is 125 Å². The molecule has 0 radical (unpaired) electrons. The van der Waals surface area contributed by atoms with Crippen LogP contribution < -0.4 is 5.32 Å². The highest BCUT2D eigenvalue weighted by atomic mass is 16.5. The van der Waals surface area contributed by atoms with Gasteiger partial charge in [-0.2, -0.15) is 0 Å². The predicted molar refractivity (Wildman–Crippen MR) is 80.8 cm³/mol. The van der Waals surface area contributed by atoms with E-state index in [9.17, 15) is 9.59 Å². The van der Waals surface area contributed by atoms with Crippen LogP contribution in [0.25, 0.3) is 0 Å². The largest absolute Gasteiger partial charge is 0.455 e. The quantitative estimate of drug-likeness (QED) is 0.818. The van der Waals surface area contributed by atoms with Crippen molar-refractivity contribution in [2.45, 2.75) is 45.1 Å². The zero-order chi connectivity index (χ0) is 15.5. The smallest absolute Gasteiger partial charge is 0.317 e. The summed E-state index contributed by atoms with van der Waals surface area (Å²) in [7, 11) is 0. The number of carbonyl (C=O) groups is 2. The van der Waals surface area contributed by atoms with Crippen molar-refractivity contribution >= 4 is 11.9 Å². The molecule has 0 bridgehead atoms. The lowest BCUT2D eigenvalue weighted by molar-refractivity contribution is -0.151. The Kier molecular flexibility index (Phi) is 4.66. The Morgan fingerprint density at radius 1 is 1.19 bits per heavy atom. The standard InChI is InChI=1S/C17H23NO3/c1-12(2)13(3)18-15(19)11-21-16(20)17(9-10-17)14-7-5-4-6-8-14/h4-8,12-13H,9-11H2,1-3H3,(H,18,19)/t13-/m0/s1. The zero-order valence-corrected chi connectivity index (χ0v) is 12.9. The van der Waals surface area contributed by atoms with Gasteiger partial charge < -0.3 is 10.1 Å². The minimum atomic E-state index is -0.523. The van der Waals surface area contributed by atoms with Crippen LogP contribution in [0.5, 0.6) is 0 Å². The van der Waals surface area contributed by atoms with Gasteiger partial charge in [0.05, 0.1) is 5.41 Å². The maximum atomic E-state index is 12.2. The summed E-state index contributed by atoms with van der Waals surface area (Å²) in [4.78, 5) is 24.0. The lowest BCUT2D eigenvalue weighted by atomic mass is 9.96. The van der Waals surface area contributed by atoms with Gasteiger partial charge in [0.2, 0.25) is 0 Å². The molecule has 0 aliphatic heterocycles. The van der Waals surface area contributed by atoms with Crippen LogP contribution in [0.3, 0.4) is 0 Å². The van der Waals surface area contributed by atoms with Crippen LogP contribution in [-0.4, -0.2) is 24.5 Å². The fourth-order valence-corrected chi connectivity index (χ4v) is 2.22. The maximum Gasteiger partial charge on any atom is 0.317 e. The van der Waals surface area contributed by atoms with Crippen LogP contribution in [0.1, 0.15) is 39.2 Å². The number of rotatable bonds is 6. The van der Waals surface area contributed by atoms with Gasteiger partial charge >= 0.3 is 5.97 Å². The van der Waals surface area contributed by atoms with Crippen molar-refractivity contribution in [1.82, 2.24) is 5.32 Å². The SMILES string of the molecule is CC(C)[C@H](C)NC(=O)COC(=O)C1(c2ccccc2)CC1. The van der Waals surface area contributed by atoms with Crippen molar-refractivity contribution in [2.24, 2.45) is 5.92 Å². The normalized spacial score (nSPS) is 17.1. The van der Waals surface area contributed by atoms with Crippen LogP contribution in [0, 0.1) is 5.92 Å². The average molecular weight is 289 g/mol. The van der Waals surface area contributed by atoms with Crippen molar-refractivity contribution in [3.05, 3.63) is 35.9 Å². The van der Waals surface area contributed by atoms with Crippen molar-refractivity contribution in [1.29, 1.82) is 0 Å². The summed E-state index contributed by atoms with van der Waals surface area (Å²) in [5.41, 5.74) is 0.455. The summed E-state index contributed by atoms with van der Waals surface area (Å²) < 4.78 is 5.22. The van der Waals surface area contributed by atoms with Crippen LogP contribution in [-0.2, 0) is 19.7 Å². The Bertz CT molecular complexity index is 506. The van der Waals surface area contributed by atoms with Crippen molar-refractivity contribution in [3.8, 4) is 0 Å². The molecule has 114 valence electrons. The molecule has 1 aliphatic rings. The number of hydrogen-bond acceptors (Lipinski definition) is 3. The molecule has 1 aromatic rings. The molecular weight excluding hydrogens is 266 g/mol. The van der Waals surface area contributed by atoms with E-state index in [-0.39, 0.29) is 24.5 Å². The summed E-state index contributed by atoms with van der Waals surface area (Å²) in [6.07, 6.45) is 1.58. The second kappa shape index (κ2) is 6.29. The molecule has 0 saturated heterocycles. The van der Waals surface area contributed by atoms with Gasteiger partial charge in [-0.05, 0) is 31.2 Å². The van der Waals surface area contributed by atoms with Gasteiger partial charge in [-0.15, -0.1) is 0 Å². The number of amides is 1. The van der Waals surface area contributed by atoms with Crippen LogP contribution in [0.2, 0.25) is 0 Å². The van der Waals surface area contributed by atoms with Gasteiger partial charge in [-0.25, -0.2) is 0 Å². The highest BCUT2D eigenvalue weighted by molar-refractivity contribution is 5.89. The van der Waals surface area contributed by atoms with Crippen molar-refractivity contribution < 1.29 is 14.3 Å². The number of ether oxygens (including phenoxy) is 1. The van der Waals surface area contributed by atoms with E-state index in [0.29, 0.717) is 5.92 Å². The summed E-state index contributed by atoms with van der Waals surface area (Å²) in [6, 6.07) is 9.70. The van der Waals surface area contributed by atoms with Crippen LogP contribution >= 0.6 is 0 Å². The van der Waals surface area contributed by atoms with Gasteiger partial charge in [0.25, 0.3) is 5.91 Å². The molecule has 1 N–H and O–H groups in total. The third kappa shape index (κ3) is 3.63. The highest BCUT2D eigenvalue weighted by Gasteiger charge is 2.52. The number of hydrogen-bond donors (Lipinski definition) is 1. The van der Waals surface area contributed by atoms with Gasteiger partial charge in [-0.3, -0.25) is 9.59 Å². The average Bonchev–Trinajstić information content (AvgIpc) is 3.27. The Hall–Kier alpha value is -1.84. The van der Waals surface area contributed by atoms with Crippen molar-refractivity contribution in [2.75, 3.05) is 6.61 Å². The van der Waals surface area contributed by atoms with E-state index in [2.05, 4.69) is 5.32 Å². The lowest BCUT2D eigenvalue weighted by Crippen LogP contribution is -2.39. The zero-order valence-electron chi connectivity index (χ0n) is 12.9. The molecule has 4 heteroatoms. The molecule has 2 rings (SSSR count). The summed E-state index contributed by atoms with van der Waals surface area (Å²) in [6.45, 7) is 5.80. The first-order valence-electron chi connectivity index (χ1n) is 7.48. The lowest BCUT2D eigenvalue weighted by Gasteiger charge is -2.18. The molecule has 1 fully saturated rings. The van der Waals surface area contributed by atoms with E-state index < -0.39 is 5.41 Å². The number of nitrogens with one attached hydrogen (secondary N) is 1. The van der Waals surface area contributed by atoms with Crippen LogP contribution in [0.4, 0.5) is 0 Å². The molecule has 1 saturated carbocycles. The molecule has 1 amide bonds. The predicted octanol–water partition coefficient (Wildman–Crippen LogP) is 2.42. The van der Waals surface area contributed by atoms with E-state index in [0.717, 1.165) is 18.4 Å². The Balaban J connectivity index is 1.87. The fraction of sp³-hybridized carbons (Fsp3) is 0.529. The highest BCUT2D eigenvalue weighted by Crippen LogP contribution is 2.49. The molecule has 1 aliphatic carbocycles. The second-order valence-electron chi connectivity index (χ2n) is 6.12. The fourth-order valence-electron chi connectivity index (χ4n) is 2.22. The molecule has 4 nitrogen and oxygen atoms in total. The molecule has 0 spiro atoms. The third-order valence-corrected chi connectivity index (χ3v) is 4.19. The number of carbonyl (C=O) groups excluding carboxylic acids is 2. The minimum absolute atomic E-state index is 0.0696. The second-order valence-corrected chi connectivity index (χ2v) is 6.12. The maximum absolute atomic E-state index is 12.2. The minimum Gasteiger partial charge on any atom is -0.455 e. The van der Waals surface area contributed by atoms with E-state index in [1.807, 2.05) is 51.1 Å².